The first-order chi connectivity index (χ1) is 10.4. The molecule has 2 heteroatoms. The molecule has 0 saturated carbocycles. The fourth-order valence-electron chi connectivity index (χ4n) is 2.60. The Bertz CT molecular complexity index is 934. The summed E-state index contributed by atoms with van der Waals surface area (Å²) in [4.78, 5) is 7.89. The van der Waals surface area contributed by atoms with E-state index in [1.54, 1.807) is 0 Å². The van der Waals surface area contributed by atoms with Crippen molar-refractivity contribution in [3.63, 3.8) is 0 Å². The number of pyridine rings is 1. The van der Waals surface area contributed by atoms with E-state index in [0.29, 0.717) is 0 Å². The molecule has 100 valence electrons. The van der Waals surface area contributed by atoms with Crippen LogP contribution < -0.4 is 0 Å². The van der Waals surface area contributed by atoms with Gasteiger partial charge in [-0.3, -0.25) is 4.98 Å². The Morgan fingerprint density at radius 2 is 1.57 bits per heavy atom. The zero-order chi connectivity index (χ0) is 14.1. The molecule has 21 heavy (non-hydrogen) atoms. The first-order valence-electron chi connectivity index (χ1n) is 7.00. The molecule has 2 aromatic carbocycles. The molecule has 0 unspecified atom stereocenters. The fourth-order valence-corrected chi connectivity index (χ4v) is 2.60. The van der Waals surface area contributed by atoms with Gasteiger partial charge in [0.05, 0.1) is 17.4 Å². The molecular weight excluding hydrogens is 256 g/mol. The molecule has 2 nitrogen and oxygen atoms in total. The lowest BCUT2D eigenvalue weighted by Gasteiger charge is -1.95. The molecule has 2 heterocycles. The Morgan fingerprint density at radius 1 is 0.762 bits per heavy atom. The van der Waals surface area contributed by atoms with Crippen LogP contribution in [0.2, 0.25) is 0 Å². The summed E-state index contributed by atoms with van der Waals surface area (Å²) in [5.41, 5.74) is 4.38. The third-order valence-electron chi connectivity index (χ3n) is 3.66. The molecule has 0 radical (unpaired) electrons. The summed E-state index contributed by atoms with van der Waals surface area (Å²) in [6.45, 7) is 0. The summed E-state index contributed by atoms with van der Waals surface area (Å²) in [6.07, 6.45) is 6.04. The van der Waals surface area contributed by atoms with Crippen LogP contribution >= 0.6 is 0 Å². The van der Waals surface area contributed by atoms with Crippen molar-refractivity contribution >= 4 is 34.0 Å². The van der Waals surface area contributed by atoms with Gasteiger partial charge in [0.15, 0.2) is 0 Å². The van der Waals surface area contributed by atoms with Gasteiger partial charge in [0.2, 0.25) is 0 Å². The fraction of sp³-hybridized carbons (Fsp3) is 0. The number of aromatic amines is 1. The lowest BCUT2D eigenvalue weighted by atomic mass is 10.1. The third kappa shape index (κ3) is 2.21. The van der Waals surface area contributed by atoms with E-state index in [4.69, 9.17) is 0 Å². The molecule has 4 rings (SSSR count). The zero-order valence-electron chi connectivity index (χ0n) is 11.5. The minimum atomic E-state index is 0.969. The first-order valence-corrected chi connectivity index (χ1v) is 7.00. The summed E-state index contributed by atoms with van der Waals surface area (Å²) in [6, 6.07) is 20.7. The molecule has 0 bridgehead atoms. The summed E-state index contributed by atoms with van der Waals surface area (Å²) in [7, 11) is 0. The van der Waals surface area contributed by atoms with Crippen molar-refractivity contribution in [2.75, 3.05) is 0 Å². The van der Waals surface area contributed by atoms with E-state index >= 15 is 0 Å². The van der Waals surface area contributed by atoms with Gasteiger partial charge in [-0.05, 0) is 23.8 Å². The van der Waals surface area contributed by atoms with Crippen molar-refractivity contribution in [1.82, 2.24) is 9.97 Å². The van der Waals surface area contributed by atoms with Crippen LogP contribution in [-0.2, 0) is 0 Å². The second-order valence-electron chi connectivity index (χ2n) is 5.07. The highest BCUT2D eigenvalue weighted by Crippen LogP contribution is 2.25. The van der Waals surface area contributed by atoms with Crippen LogP contribution in [0, 0.1) is 0 Å². The highest BCUT2D eigenvalue weighted by atomic mass is 14.8. The molecular formula is C19H14N2. The van der Waals surface area contributed by atoms with Crippen LogP contribution in [0.3, 0.4) is 0 Å². The number of nitrogens with one attached hydrogen (secondary N) is 1. The Labute approximate surface area is 122 Å². The van der Waals surface area contributed by atoms with Gasteiger partial charge in [-0.2, -0.15) is 0 Å². The second-order valence-corrected chi connectivity index (χ2v) is 5.07. The number of benzene rings is 2. The average molecular weight is 270 g/mol. The number of aromatic nitrogens is 2. The molecule has 0 aliphatic heterocycles. The van der Waals surface area contributed by atoms with Crippen LogP contribution in [0.25, 0.3) is 34.0 Å². The van der Waals surface area contributed by atoms with Crippen LogP contribution in [0.4, 0.5) is 0 Å². The average Bonchev–Trinajstić information content (AvgIpc) is 2.92. The number of fused-ring (bicyclic) bond motifs is 3. The lowest BCUT2D eigenvalue weighted by molar-refractivity contribution is 1.32. The molecule has 0 aliphatic carbocycles. The van der Waals surface area contributed by atoms with E-state index in [-0.39, 0.29) is 0 Å². The number of H-pyrrole nitrogens is 1. The van der Waals surface area contributed by atoms with Crippen molar-refractivity contribution in [2.45, 2.75) is 0 Å². The zero-order valence-corrected chi connectivity index (χ0v) is 11.5. The molecule has 0 spiro atoms. The summed E-state index contributed by atoms with van der Waals surface area (Å²) in [5.74, 6) is 0. The highest BCUT2D eigenvalue weighted by molar-refractivity contribution is 6.07. The molecule has 0 fully saturated rings. The van der Waals surface area contributed by atoms with Crippen LogP contribution in [-0.4, -0.2) is 9.97 Å². The van der Waals surface area contributed by atoms with Crippen molar-refractivity contribution in [1.29, 1.82) is 0 Å². The predicted molar refractivity (Wildman–Crippen MR) is 89.0 cm³/mol. The molecule has 0 amide bonds. The molecule has 0 atom stereocenters. The van der Waals surface area contributed by atoms with Gasteiger partial charge in [-0.25, -0.2) is 0 Å². The molecule has 0 aliphatic rings. The first kappa shape index (κ1) is 11.9. The number of hydrogen-bond donors (Lipinski definition) is 1. The minimum Gasteiger partial charge on any atom is -0.353 e. The molecule has 4 aromatic rings. The van der Waals surface area contributed by atoms with Gasteiger partial charge >= 0.3 is 0 Å². The largest absolute Gasteiger partial charge is 0.353 e. The number of rotatable bonds is 2. The van der Waals surface area contributed by atoms with Gasteiger partial charge < -0.3 is 4.98 Å². The Balaban J connectivity index is 1.80. The van der Waals surface area contributed by atoms with E-state index in [1.807, 2.05) is 30.5 Å². The maximum atomic E-state index is 4.50. The number of para-hydroxylation sites is 1. The van der Waals surface area contributed by atoms with Crippen molar-refractivity contribution < 1.29 is 0 Å². The highest BCUT2D eigenvalue weighted by Gasteiger charge is 2.03. The van der Waals surface area contributed by atoms with Crippen LogP contribution in [0.5, 0.6) is 0 Å². The maximum Gasteiger partial charge on any atom is 0.0651 e. The minimum absolute atomic E-state index is 0.969. The van der Waals surface area contributed by atoms with Crippen LogP contribution in [0.15, 0.2) is 66.9 Å². The lowest BCUT2D eigenvalue weighted by Crippen LogP contribution is -1.80. The van der Waals surface area contributed by atoms with E-state index in [1.165, 1.54) is 16.3 Å². The number of nitrogens with zero attached hydrogens (tertiary/aromatic N) is 1. The summed E-state index contributed by atoms with van der Waals surface area (Å²) < 4.78 is 0. The van der Waals surface area contributed by atoms with E-state index < -0.39 is 0 Å². The monoisotopic (exact) mass is 270 g/mol. The SMILES string of the molecule is C(=Cc1cc2c(cn1)[nH]c1ccccc12)c1ccccc1. The molecule has 2 aromatic heterocycles. The standard InChI is InChI=1S/C19H14N2/c1-2-6-14(7-3-1)10-11-15-12-17-16-8-4-5-9-18(16)21-19(17)13-20-15/h1-13,21H. The Morgan fingerprint density at radius 3 is 2.48 bits per heavy atom. The van der Waals surface area contributed by atoms with Crippen molar-refractivity contribution in [3.8, 4) is 0 Å². The molecule has 1 N–H and O–H groups in total. The van der Waals surface area contributed by atoms with Crippen LogP contribution in [0.1, 0.15) is 11.3 Å². The van der Waals surface area contributed by atoms with Gasteiger partial charge in [0.1, 0.15) is 0 Å². The van der Waals surface area contributed by atoms with Crippen molar-refractivity contribution in [2.24, 2.45) is 0 Å². The van der Waals surface area contributed by atoms with Crippen molar-refractivity contribution in [3.05, 3.63) is 78.1 Å². The number of hydrogen-bond acceptors (Lipinski definition) is 1. The van der Waals surface area contributed by atoms with Gasteiger partial charge in [0, 0.05) is 16.3 Å². The Hall–Kier alpha value is -2.87. The van der Waals surface area contributed by atoms with Gasteiger partial charge in [0.25, 0.3) is 0 Å². The predicted octanol–water partition coefficient (Wildman–Crippen LogP) is 4.89. The van der Waals surface area contributed by atoms with E-state index in [2.05, 4.69) is 58.5 Å². The van der Waals surface area contributed by atoms with Gasteiger partial charge in [-0.1, -0.05) is 54.6 Å². The summed E-state index contributed by atoms with van der Waals surface area (Å²) >= 11 is 0. The third-order valence-corrected chi connectivity index (χ3v) is 3.66. The second kappa shape index (κ2) is 4.91. The quantitative estimate of drug-likeness (QED) is 0.552. The van der Waals surface area contributed by atoms with E-state index in [0.717, 1.165) is 16.7 Å². The smallest absolute Gasteiger partial charge is 0.0651 e. The topological polar surface area (TPSA) is 28.7 Å². The normalized spacial score (nSPS) is 11.6. The summed E-state index contributed by atoms with van der Waals surface area (Å²) in [5, 5.41) is 2.46. The maximum absolute atomic E-state index is 4.50. The Kier molecular flexibility index (Phi) is 2.79. The van der Waals surface area contributed by atoms with E-state index in [9.17, 15) is 0 Å². The van der Waals surface area contributed by atoms with Gasteiger partial charge in [-0.15, -0.1) is 0 Å². The molecule has 0 saturated heterocycles.